The number of carbonyl (C=O) groups excluding carboxylic acids is 1. The normalized spacial score (nSPS) is 12.4. The number of nitrogens with zero attached hydrogens (tertiary/aromatic N) is 5. The zero-order valence-corrected chi connectivity index (χ0v) is 16.0. The van der Waals surface area contributed by atoms with Crippen molar-refractivity contribution in [3.63, 3.8) is 0 Å². The predicted molar refractivity (Wildman–Crippen MR) is 97.0 cm³/mol. The molecule has 0 spiro atoms. The third kappa shape index (κ3) is 4.51. The molecular weight excluding hydrogens is 408 g/mol. The highest BCUT2D eigenvalue weighted by Gasteiger charge is 2.22. The minimum absolute atomic E-state index is 0.245. The summed E-state index contributed by atoms with van der Waals surface area (Å²) in [5.41, 5.74) is -0.259. The lowest BCUT2D eigenvalue weighted by atomic mass is 10.3. The van der Waals surface area contributed by atoms with Crippen molar-refractivity contribution in [3.05, 3.63) is 54.4 Å². The lowest BCUT2D eigenvalue weighted by molar-refractivity contribution is 0.248. The van der Waals surface area contributed by atoms with Gasteiger partial charge in [0, 0.05) is 24.3 Å². The number of hydrogen-bond donors (Lipinski definition) is 2. The predicted octanol–water partition coefficient (Wildman–Crippen LogP) is 1.62. The Morgan fingerprint density at radius 1 is 1.14 bits per heavy atom. The van der Waals surface area contributed by atoms with E-state index in [1.165, 1.54) is 23.4 Å². The van der Waals surface area contributed by atoms with E-state index in [1.807, 2.05) is 0 Å². The Hall–Kier alpha value is -3.48. The molecule has 0 aliphatic rings. The van der Waals surface area contributed by atoms with Crippen LogP contribution < -0.4 is 10.6 Å². The maximum atomic E-state index is 14.0. The van der Waals surface area contributed by atoms with Gasteiger partial charge in [0.15, 0.2) is 15.7 Å². The smallest absolute Gasteiger partial charge is 0.319 e. The monoisotopic (exact) mass is 423 g/mol. The summed E-state index contributed by atoms with van der Waals surface area (Å²) < 4.78 is 52.1. The molecule has 13 heteroatoms. The average Bonchev–Trinajstić information content (AvgIpc) is 3.10. The van der Waals surface area contributed by atoms with Gasteiger partial charge >= 0.3 is 6.03 Å². The van der Waals surface area contributed by atoms with Crippen LogP contribution in [0.5, 0.6) is 0 Å². The first kappa shape index (κ1) is 20.3. The zero-order chi connectivity index (χ0) is 21.2. The number of hydrogen-bond acceptors (Lipinski definition) is 7. The van der Waals surface area contributed by atoms with Crippen LogP contribution in [-0.2, 0) is 9.84 Å². The minimum atomic E-state index is -4.10. The molecule has 2 N–H and O–H groups in total. The van der Waals surface area contributed by atoms with Crippen molar-refractivity contribution in [2.24, 2.45) is 0 Å². The molecule has 0 radical (unpaired) electrons. The van der Waals surface area contributed by atoms with Gasteiger partial charge in [0.25, 0.3) is 5.95 Å². The molecule has 0 saturated carbocycles. The quantitative estimate of drug-likeness (QED) is 0.637. The molecule has 2 aromatic heterocycles. The molecule has 0 aliphatic heterocycles. The highest BCUT2D eigenvalue weighted by Crippen LogP contribution is 2.23. The van der Waals surface area contributed by atoms with Crippen LogP contribution >= 0.6 is 0 Å². The van der Waals surface area contributed by atoms with Gasteiger partial charge in [0.1, 0.15) is 22.9 Å². The lowest BCUT2D eigenvalue weighted by Crippen LogP contribution is -2.32. The van der Waals surface area contributed by atoms with Crippen molar-refractivity contribution in [2.75, 3.05) is 11.6 Å². The number of urea groups is 1. The lowest BCUT2D eigenvalue weighted by Gasteiger charge is -2.15. The fourth-order valence-corrected chi connectivity index (χ4v) is 3.34. The molecule has 3 aromatic rings. The zero-order valence-electron chi connectivity index (χ0n) is 15.2. The standard InChI is InChI=1S/C16H15F2N7O3S/c1-9(14-21-8-22-25(14)15-19-4-3-5-20-15)23-16(26)24-10-6-11(17)13(12(18)7-10)29(2,27)28/h3-9H,1-2H3,(H2,23,24,26). The summed E-state index contributed by atoms with van der Waals surface area (Å²) >= 11 is 0. The van der Waals surface area contributed by atoms with Crippen LogP contribution in [0.1, 0.15) is 18.8 Å². The highest BCUT2D eigenvalue weighted by molar-refractivity contribution is 7.90. The van der Waals surface area contributed by atoms with Crippen molar-refractivity contribution in [1.29, 1.82) is 0 Å². The average molecular weight is 423 g/mol. The van der Waals surface area contributed by atoms with E-state index in [4.69, 9.17) is 0 Å². The Bertz CT molecular complexity index is 1130. The SMILES string of the molecule is CC(NC(=O)Nc1cc(F)c(S(C)(=O)=O)c(F)c1)c1ncnn1-c1ncccn1. The van der Waals surface area contributed by atoms with Gasteiger partial charge in [-0.1, -0.05) is 0 Å². The number of aromatic nitrogens is 5. The fourth-order valence-electron chi connectivity index (χ4n) is 2.52. The van der Waals surface area contributed by atoms with Crippen LogP contribution in [0.4, 0.5) is 19.3 Å². The third-order valence-corrected chi connectivity index (χ3v) is 4.81. The van der Waals surface area contributed by atoms with Crippen molar-refractivity contribution in [3.8, 4) is 5.95 Å². The number of sulfone groups is 1. The van der Waals surface area contributed by atoms with Crippen LogP contribution in [-0.4, -0.2) is 45.4 Å². The summed E-state index contributed by atoms with van der Waals surface area (Å²) in [6.07, 6.45) is 4.97. The molecule has 2 heterocycles. The largest absolute Gasteiger partial charge is 0.328 e. The summed E-state index contributed by atoms with van der Waals surface area (Å²) in [6.45, 7) is 1.61. The summed E-state index contributed by atoms with van der Waals surface area (Å²) in [5, 5.41) is 8.78. The number of nitrogens with one attached hydrogen (secondary N) is 2. The van der Waals surface area contributed by atoms with Gasteiger partial charge < -0.3 is 10.6 Å². The molecule has 1 aromatic carbocycles. The van der Waals surface area contributed by atoms with E-state index >= 15 is 0 Å². The first-order valence-corrected chi connectivity index (χ1v) is 10.00. The second-order valence-electron chi connectivity index (χ2n) is 5.94. The first-order chi connectivity index (χ1) is 13.7. The number of halogens is 2. The number of benzene rings is 1. The van der Waals surface area contributed by atoms with Gasteiger partial charge in [-0.2, -0.15) is 9.78 Å². The molecule has 29 heavy (non-hydrogen) atoms. The molecule has 3 rings (SSSR count). The molecule has 2 amide bonds. The van der Waals surface area contributed by atoms with Crippen molar-refractivity contribution in [2.45, 2.75) is 17.9 Å². The molecule has 0 aliphatic carbocycles. The topological polar surface area (TPSA) is 132 Å². The number of rotatable bonds is 5. The molecular formula is C16H15F2N7O3S. The van der Waals surface area contributed by atoms with Gasteiger partial charge in [-0.15, -0.1) is 0 Å². The fraction of sp³-hybridized carbons (Fsp3) is 0.188. The summed E-state index contributed by atoms with van der Waals surface area (Å²) in [5.74, 6) is -2.06. The van der Waals surface area contributed by atoms with E-state index in [9.17, 15) is 22.0 Å². The van der Waals surface area contributed by atoms with E-state index in [0.717, 1.165) is 0 Å². The number of anilines is 1. The third-order valence-electron chi connectivity index (χ3n) is 3.68. The molecule has 0 saturated heterocycles. The second-order valence-corrected chi connectivity index (χ2v) is 7.89. The Morgan fingerprint density at radius 2 is 1.76 bits per heavy atom. The van der Waals surface area contributed by atoms with Crippen molar-refractivity contribution >= 4 is 21.6 Å². The van der Waals surface area contributed by atoms with Crippen LogP contribution in [0.25, 0.3) is 5.95 Å². The maximum absolute atomic E-state index is 14.0. The first-order valence-electron chi connectivity index (χ1n) is 8.10. The van der Waals surface area contributed by atoms with Gasteiger partial charge in [0.2, 0.25) is 0 Å². The molecule has 152 valence electrons. The minimum Gasteiger partial charge on any atom is -0.328 e. The van der Waals surface area contributed by atoms with E-state index in [2.05, 4.69) is 30.7 Å². The van der Waals surface area contributed by atoms with Crippen LogP contribution in [0.15, 0.2) is 41.8 Å². The Balaban J connectivity index is 1.75. The van der Waals surface area contributed by atoms with E-state index < -0.39 is 38.4 Å². The van der Waals surface area contributed by atoms with Crippen molar-refractivity contribution in [1.82, 2.24) is 30.0 Å². The van der Waals surface area contributed by atoms with Gasteiger partial charge in [-0.05, 0) is 25.1 Å². The number of amides is 2. The van der Waals surface area contributed by atoms with Gasteiger partial charge in [0.05, 0.1) is 6.04 Å². The van der Waals surface area contributed by atoms with E-state index in [1.54, 1.807) is 13.0 Å². The van der Waals surface area contributed by atoms with Gasteiger partial charge in [-0.25, -0.2) is 36.9 Å². The summed E-state index contributed by atoms with van der Waals surface area (Å²) in [6, 6.07) is 1.58. The molecule has 0 fully saturated rings. The molecule has 10 nitrogen and oxygen atoms in total. The van der Waals surface area contributed by atoms with Crippen LogP contribution in [0, 0.1) is 11.6 Å². The Labute approximate surface area is 163 Å². The summed E-state index contributed by atoms with van der Waals surface area (Å²) in [7, 11) is -4.10. The molecule has 0 bridgehead atoms. The molecule has 1 atom stereocenters. The maximum Gasteiger partial charge on any atom is 0.319 e. The number of carbonyl (C=O) groups is 1. The van der Waals surface area contributed by atoms with Crippen LogP contribution in [0.2, 0.25) is 0 Å². The van der Waals surface area contributed by atoms with E-state index in [-0.39, 0.29) is 11.6 Å². The Morgan fingerprint density at radius 3 is 2.34 bits per heavy atom. The highest BCUT2D eigenvalue weighted by atomic mass is 32.2. The van der Waals surface area contributed by atoms with Gasteiger partial charge in [-0.3, -0.25) is 0 Å². The molecule has 1 unspecified atom stereocenters. The van der Waals surface area contributed by atoms with E-state index in [0.29, 0.717) is 24.2 Å². The van der Waals surface area contributed by atoms with Crippen LogP contribution in [0.3, 0.4) is 0 Å². The van der Waals surface area contributed by atoms with Crippen molar-refractivity contribution < 1.29 is 22.0 Å². The summed E-state index contributed by atoms with van der Waals surface area (Å²) in [4.78, 5) is 23.3. The Kier molecular flexibility index (Phi) is 5.50. The second kappa shape index (κ2) is 7.87.